The summed E-state index contributed by atoms with van der Waals surface area (Å²) in [6, 6.07) is 3.78. The van der Waals surface area contributed by atoms with Crippen LogP contribution in [0, 0.1) is 0 Å². The van der Waals surface area contributed by atoms with E-state index in [0.717, 1.165) is 18.1 Å². The van der Waals surface area contributed by atoms with E-state index >= 15 is 0 Å². The average molecular weight is 218 g/mol. The second kappa shape index (κ2) is 5.27. The van der Waals surface area contributed by atoms with Gasteiger partial charge in [-0.2, -0.15) is 0 Å². The predicted octanol–water partition coefficient (Wildman–Crippen LogP) is 1.21. The van der Waals surface area contributed by atoms with E-state index in [1.165, 1.54) is 0 Å². The van der Waals surface area contributed by atoms with Gasteiger partial charge in [-0.05, 0) is 18.2 Å². The SMILES string of the molecule is Cn1cnnc1CNC/C=C/c1ccco1. The van der Waals surface area contributed by atoms with E-state index in [-0.39, 0.29) is 0 Å². The van der Waals surface area contributed by atoms with Crippen molar-refractivity contribution in [1.82, 2.24) is 20.1 Å². The van der Waals surface area contributed by atoms with Gasteiger partial charge in [0.25, 0.3) is 0 Å². The first kappa shape index (κ1) is 10.6. The number of rotatable bonds is 5. The van der Waals surface area contributed by atoms with Crippen molar-refractivity contribution in [3.8, 4) is 0 Å². The van der Waals surface area contributed by atoms with Crippen molar-refractivity contribution in [3.63, 3.8) is 0 Å². The molecule has 1 N–H and O–H groups in total. The Bertz CT molecular complexity index is 444. The predicted molar refractivity (Wildman–Crippen MR) is 60.5 cm³/mol. The van der Waals surface area contributed by atoms with Gasteiger partial charge in [-0.3, -0.25) is 0 Å². The zero-order valence-electron chi connectivity index (χ0n) is 9.13. The van der Waals surface area contributed by atoms with E-state index in [4.69, 9.17) is 4.42 Å². The van der Waals surface area contributed by atoms with Crippen LogP contribution < -0.4 is 5.32 Å². The molecule has 0 bridgehead atoms. The number of aryl methyl sites for hydroxylation is 1. The van der Waals surface area contributed by atoms with Crippen molar-refractivity contribution in [3.05, 3.63) is 42.4 Å². The maximum Gasteiger partial charge on any atom is 0.146 e. The van der Waals surface area contributed by atoms with Crippen LogP contribution in [0.1, 0.15) is 11.6 Å². The highest BCUT2D eigenvalue weighted by atomic mass is 16.3. The van der Waals surface area contributed by atoms with Crippen LogP contribution in [0.25, 0.3) is 6.08 Å². The number of furan rings is 1. The van der Waals surface area contributed by atoms with Crippen LogP contribution in [-0.4, -0.2) is 21.3 Å². The lowest BCUT2D eigenvalue weighted by molar-refractivity contribution is 0.556. The highest BCUT2D eigenvalue weighted by Gasteiger charge is 1.97. The summed E-state index contributed by atoms with van der Waals surface area (Å²) in [6.45, 7) is 1.48. The Labute approximate surface area is 93.8 Å². The Morgan fingerprint density at radius 2 is 2.50 bits per heavy atom. The van der Waals surface area contributed by atoms with E-state index in [2.05, 4.69) is 15.5 Å². The molecular weight excluding hydrogens is 204 g/mol. The van der Waals surface area contributed by atoms with Crippen LogP contribution in [-0.2, 0) is 13.6 Å². The Kier molecular flexibility index (Phi) is 3.50. The molecule has 2 heterocycles. The van der Waals surface area contributed by atoms with Gasteiger partial charge < -0.3 is 14.3 Å². The third kappa shape index (κ3) is 2.80. The van der Waals surface area contributed by atoms with Crippen LogP contribution in [0.3, 0.4) is 0 Å². The van der Waals surface area contributed by atoms with Crippen molar-refractivity contribution in [2.24, 2.45) is 7.05 Å². The summed E-state index contributed by atoms with van der Waals surface area (Å²) in [5, 5.41) is 11.0. The Morgan fingerprint density at radius 1 is 1.56 bits per heavy atom. The molecule has 0 amide bonds. The minimum atomic E-state index is 0.707. The second-order valence-corrected chi connectivity index (χ2v) is 3.41. The normalized spacial score (nSPS) is 11.3. The largest absolute Gasteiger partial charge is 0.465 e. The molecule has 84 valence electrons. The van der Waals surface area contributed by atoms with Crippen LogP contribution in [0.4, 0.5) is 0 Å². The molecule has 0 atom stereocenters. The molecule has 5 heteroatoms. The molecule has 0 radical (unpaired) electrons. The molecule has 0 saturated heterocycles. The van der Waals surface area contributed by atoms with Gasteiger partial charge in [0.2, 0.25) is 0 Å². The maximum absolute atomic E-state index is 5.16. The standard InChI is InChI=1S/C11H14N4O/c1-15-9-13-14-11(15)8-12-6-2-4-10-5-3-7-16-10/h2-5,7,9,12H,6,8H2,1H3/b4-2+. The van der Waals surface area contributed by atoms with Crippen molar-refractivity contribution >= 4 is 6.08 Å². The maximum atomic E-state index is 5.16. The highest BCUT2D eigenvalue weighted by molar-refractivity contribution is 5.42. The zero-order chi connectivity index (χ0) is 11.2. The fourth-order valence-electron chi connectivity index (χ4n) is 1.30. The van der Waals surface area contributed by atoms with Crippen molar-refractivity contribution in [2.75, 3.05) is 6.54 Å². The van der Waals surface area contributed by atoms with E-state index in [0.29, 0.717) is 6.54 Å². The summed E-state index contributed by atoms with van der Waals surface area (Å²) >= 11 is 0. The van der Waals surface area contributed by atoms with Crippen molar-refractivity contribution in [2.45, 2.75) is 6.54 Å². The molecule has 16 heavy (non-hydrogen) atoms. The molecule has 0 aromatic carbocycles. The van der Waals surface area contributed by atoms with E-state index in [1.54, 1.807) is 12.6 Å². The van der Waals surface area contributed by atoms with Gasteiger partial charge in [0.15, 0.2) is 0 Å². The summed E-state index contributed by atoms with van der Waals surface area (Å²) in [5.41, 5.74) is 0. The molecule has 2 aromatic rings. The smallest absolute Gasteiger partial charge is 0.146 e. The summed E-state index contributed by atoms with van der Waals surface area (Å²) in [5.74, 6) is 1.78. The number of hydrogen-bond acceptors (Lipinski definition) is 4. The van der Waals surface area contributed by atoms with Gasteiger partial charge in [0, 0.05) is 13.6 Å². The summed E-state index contributed by atoms with van der Waals surface area (Å²) in [6.07, 6.45) is 7.29. The zero-order valence-corrected chi connectivity index (χ0v) is 9.13. The van der Waals surface area contributed by atoms with E-state index < -0.39 is 0 Å². The van der Waals surface area contributed by atoms with Crippen LogP contribution in [0.5, 0.6) is 0 Å². The fourth-order valence-corrected chi connectivity index (χ4v) is 1.30. The summed E-state index contributed by atoms with van der Waals surface area (Å²) in [7, 11) is 1.93. The Balaban J connectivity index is 1.71. The molecular formula is C11H14N4O. The van der Waals surface area contributed by atoms with Gasteiger partial charge in [-0.1, -0.05) is 6.08 Å². The molecule has 0 aliphatic carbocycles. The Hall–Kier alpha value is -1.88. The van der Waals surface area contributed by atoms with Gasteiger partial charge in [0.05, 0.1) is 12.8 Å². The monoisotopic (exact) mass is 218 g/mol. The minimum Gasteiger partial charge on any atom is -0.465 e. The molecule has 5 nitrogen and oxygen atoms in total. The quantitative estimate of drug-likeness (QED) is 0.766. The van der Waals surface area contributed by atoms with Crippen molar-refractivity contribution in [1.29, 1.82) is 0 Å². The lowest BCUT2D eigenvalue weighted by atomic mass is 10.4. The fraction of sp³-hybridized carbons (Fsp3) is 0.273. The van der Waals surface area contributed by atoms with Crippen molar-refractivity contribution < 1.29 is 4.42 Å². The van der Waals surface area contributed by atoms with Crippen LogP contribution >= 0.6 is 0 Å². The first-order chi connectivity index (χ1) is 7.86. The number of nitrogens with one attached hydrogen (secondary N) is 1. The summed E-state index contributed by atoms with van der Waals surface area (Å²) in [4.78, 5) is 0. The van der Waals surface area contributed by atoms with Crippen LogP contribution in [0.15, 0.2) is 35.2 Å². The van der Waals surface area contributed by atoms with Gasteiger partial charge in [-0.15, -0.1) is 10.2 Å². The van der Waals surface area contributed by atoms with Gasteiger partial charge in [-0.25, -0.2) is 0 Å². The molecule has 0 aliphatic rings. The average Bonchev–Trinajstić information content (AvgIpc) is 2.90. The minimum absolute atomic E-state index is 0.707. The summed E-state index contributed by atoms with van der Waals surface area (Å²) < 4.78 is 7.06. The van der Waals surface area contributed by atoms with Gasteiger partial charge in [0.1, 0.15) is 17.9 Å². The number of nitrogens with zero attached hydrogens (tertiary/aromatic N) is 3. The number of hydrogen-bond donors (Lipinski definition) is 1. The first-order valence-corrected chi connectivity index (χ1v) is 5.10. The first-order valence-electron chi connectivity index (χ1n) is 5.10. The van der Waals surface area contributed by atoms with E-state index in [9.17, 15) is 0 Å². The topological polar surface area (TPSA) is 55.9 Å². The highest BCUT2D eigenvalue weighted by Crippen LogP contribution is 2.01. The number of aromatic nitrogens is 3. The molecule has 0 saturated carbocycles. The molecule has 2 rings (SSSR count). The molecule has 0 spiro atoms. The lowest BCUT2D eigenvalue weighted by Crippen LogP contribution is -2.15. The lowest BCUT2D eigenvalue weighted by Gasteiger charge is -1.99. The Morgan fingerprint density at radius 3 is 3.19 bits per heavy atom. The third-order valence-electron chi connectivity index (χ3n) is 2.18. The molecule has 0 fully saturated rings. The molecule has 2 aromatic heterocycles. The molecule has 0 unspecified atom stereocenters. The van der Waals surface area contributed by atoms with Gasteiger partial charge >= 0.3 is 0 Å². The van der Waals surface area contributed by atoms with Crippen LogP contribution in [0.2, 0.25) is 0 Å². The second-order valence-electron chi connectivity index (χ2n) is 3.41. The van der Waals surface area contributed by atoms with E-state index in [1.807, 2.05) is 35.9 Å². The molecule has 0 aliphatic heterocycles. The third-order valence-corrected chi connectivity index (χ3v) is 2.18.